The molecule has 126 valence electrons. The monoisotopic (exact) mass is 319 g/mol. The molecule has 4 rings (SSSR count). The van der Waals surface area contributed by atoms with Gasteiger partial charge in [-0.3, -0.25) is 14.6 Å². The summed E-state index contributed by atoms with van der Waals surface area (Å²) in [7, 11) is 1.70. The van der Waals surface area contributed by atoms with E-state index < -0.39 is 0 Å². The highest BCUT2D eigenvalue weighted by atomic mass is 16.5. The molecule has 1 N–H and O–H groups in total. The van der Waals surface area contributed by atoms with Crippen LogP contribution in [0.5, 0.6) is 0 Å². The number of ether oxygens (including phenoxy) is 1. The van der Waals surface area contributed by atoms with Gasteiger partial charge >= 0.3 is 0 Å². The van der Waals surface area contributed by atoms with Gasteiger partial charge in [0, 0.05) is 33.2 Å². The second-order valence-corrected chi connectivity index (χ2v) is 7.22. The van der Waals surface area contributed by atoms with Crippen molar-refractivity contribution >= 4 is 5.91 Å². The van der Waals surface area contributed by atoms with Crippen LogP contribution < -0.4 is 5.32 Å². The van der Waals surface area contributed by atoms with Gasteiger partial charge in [-0.05, 0) is 30.9 Å². The SMILES string of the molecule is CNC(=O)[C@@H]1COC2(CN(Cc3ccco3)C2)CN1CC1CC1. The Bertz CT molecular complexity index is 549. The van der Waals surface area contributed by atoms with Crippen LogP contribution in [0.2, 0.25) is 0 Å². The number of morpholine rings is 1. The molecule has 3 fully saturated rings. The highest BCUT2D eigenvalue weighted by Gasteiger charge is 2.51. The molecule has 23 heavy (non-hydrogen) atoms. The molecule has 1 spiro atoms. The molecule has 1 saturated carbocycles. The summed E-state index contributed by atoms with van der Waals surface area (Å²) < 4.78 is 11.6. The van der Waals surface area contributed by atoms with Gasteiger partial charge in [-0.15, -0.1) is 0 Å². The molecule has 1 aliphatic carbocycles. The molecular weight excluding hydrogens is 294 g/mol. The molecule has 2 saturated heterocycles. The molecule has 1 aromatic heterocycles. The van der Waals surface area contributed by atoms with Crippen LogP contribution in [0.3, 0.4) is 0 Å². The first kappa shape index (κ1) is 15.2. The molecule has 0 aromatic carbocycles. The predicted octanol–water partition coefficient (Wildman–Crippen LogP) is 0.691. The van der Waals surface area contributed by atoms with E-state index in [0.29, 0.717) is 6.61 Å². The normalized spacial score (nSPS) is 27.8. The second kappa shape index (κ2) is 5.92. The molecule has 6 nitrogen and oxygen atoms in total. The molecule has 1 atom stereocenters. The maximum Gasteiger partial charge on any atom is 0.239 e. The summed E-state index contributed by atoms with van der Waals surface area (Å²) >= 11 is 0. The van der Waals surface area contributed by atoms with Crippen molar-refractivity contribution in [2.24, 2.45) is 5.92 Å². The third kappa shape index (κ3) is 3.16. The summed E-state index contributed by atoms with van der Waals surface area (Å²) in [5, 5.41) is 2.78. The van der Waals surface area contributed by atoms with Crippen molar-refractivity contribution in [3.05, 3.63) is 24.2 Å². The number of nitrogens with zero attached hydrogens (tertiary/aromatic N) is 2. The smallest absolute Gasteiger partial charge is 0.239 e. The topological polar surface area (TPSA) is 58.0 Å². The van der Waals surface area contributed by atoms with Gasteiger partial charge in [0.15, 0.2) is 0 Å². The Labute approximate surface area is 136 Å². The Morgan fingerprint density at radius 3 is 2.87 bits per heavy atom. The molecule has 0 bridgehead atoms. The van der Waals surface area contributed by atoms with Crippen molar-refractivity contribution in [3.8, 4) is 0 Å². The summed E-state index contributed by atoms with van der Waals surface area (Å²) in [6, 6.07) is 3.80. The van der Waals surface area contributed by atoms with Crippen LogP contribution in [0.25, 0.3) is 0 Å². The third-order valence-corrected chi connectivity index (χ3v) is 5.20. The Morgan fingerprint density at radius 2 is 2.22 bits per heavy atom. The number of carbonyl (C=O) groups excluding carboxylic acids is 1. The molecule has 3 heterocycles. The lowest BCUT2D eigenvalue weighted by molar-refractivity contribution is -0.203. The summed E-state index contributed by atoms with van der Waals surface area (Å²) in [5.74, 6) is 1.85. The maximum atomic E-state index is 12.1. The van der Waals surface area contributed by atoms with Gasteiger partial charge in [0.1, 0.15) is 17.4 Å². The van der Waals surface area contributed by atoms with Gasteiger partial charge in [0.2, 0.25) is 5.91 Å². The first-order valence-electron chi connectivity index (χ1n) is 8.52. The van der Waals surface area contributed by atoms with E-state index in [9.17, 15) is 4.79 Å². The third-order valence-electron chi connectivity index (χ3n) is 5.20. The van der Waals surface area contributed by atoms with E-state index >= 15 is 0 Å². The Kier molecular flexibility index (Phi) is 3.91. The number of likely N-dealkylation sites (N-methyl/N-ethyl adjacent to an activating group) is 1. The average molecular weight is 319 g/mol. The van der Waals surface area contributed by atoms with Gasteiger partial charge < -0.3 is 14.5 Å². The van der Waals surface area contributed by atoms with Crippen LogP contribution >= 0.6 is 0 Å². The van der Waals surface area contributed by atoms with Gasteiger partial charge in [-0.25, -0.2) is 0 Å². The Morgan fingerprint density at radius 1 is 1.39 bits per heavy atom. The molecule has 1 amide bonds. The molecule has 6 heteroatoms. The lowest BCUT2D eigenvalue weighted by Gasteiger charge is -2.55. The van der Waals surface area contributed by atoms with E-state index in [2.05, 4.69) is 15.1 Å². The average Bonchev–Trinajstić information content (AvgIpc) is 3.18. The minimum Gasteiger partial charge on any atom is -0.468 e. The highest BCUT2D eigenvalue weighted by Crippen LogP contribution is 2.36. The van der Waals surface area contributed by atoms with E-state index in [1.807, 2.05) is 12.1 Å². The van der Waals surface area contributed by atoms with Gasteiger partial charge in [-0.1, -0.05) is 0 Å². The van der Waals surface area contributed by atoms with E-state index in [1.54, 1.807) is 13.3 Å². The van der Waals surface area contributed by atoms with Crippen molar-refractivity contribution in [2.75, 3.05) is 39.8 Å². The first-order chi connectivity index (χ1) is 11.2. The van der Waals surface area contributed by atoms with E-state index in [1.165, 1.54) is 12.8 Å². The minimum atomic E-state index is -0.134. The minimum absolute atomic E-state index is 0.0762. The number of likely N-dealkylation sites (tertiary alicyclic amines) is 1. The van der Waals surface area contributed by atoms with Gasteiger partial charge in [0.05, 0.1) is 19.4 Å². The molecule has 2 aliphatic heterocycles. The molecular formula is C17H25N3O3. The number of carbonyl (C=O) groups is 1. The van der Waals surface area contributed by atoms with Gasteiger partial charge in [0.25, 0.3) is 0 Å². The molecule has 1 aromatic rings. The summed E-state index contributed by atoms with van der Waals surface area (Å²) in [4.78, 5) is 16.8. The van der Waals surface area contributed by atoms with E-state index in [4.69, 9.17) is 9.15 Å². The van der Waals surface area contributed by atoms with E-state index in [-0.39, 0.29) is 17.6 Å². The lowest BCUT2D eigenvalue weighted by atomic mass is 9.90. The van der Waals surface area contributed by atoms with Crippen LogP contribution in [0.4, 0.5) is 0 Å². The molecule has 0 unspecified atom stereocenters. The zero-order valence-electron chi connectivity index (χ0n) is 13.7. The number of amides is 1. The Hall–Kier alpha value is -1.37. The van der Waals surface area contributed by atoms with Gasteiger partial charge in [-0.2, -0.15) is 0 Å². The summed E-state index contributed by atoms with van der Waals surface area (Å²) in [6.45, 7) is 5.04. The van der Waals surface area contributed by atoms with Crippen molar-refractivity contribution in [1.82, 2.24) is 15.1 Å². The number of rotatable bonds is 5. The van der Waals surface area contributed by atoms with E-state index in [0.717, 1.165) is 44.4 Å². The van der Waals surface area contributed by atoms with Crippen LogP contribution in [-0.2, 0) is 16.1 Å². The van der Waals surface area contributed by atoms with Crippen molar-refractivity contribution in [1.29, 1.82) is 0 Å². The van der Waals surface area contributed by atoms with Crippen LogP contribution in [0, 0.1) is 5.92 Å². The summed E-state index contributed by atoms with van der Waals surface area (Å²) in [5.41, 5.74) is -0.105. The number of hydrogen-bond acceptors (Lipinski definition) is 5. The second-order valence-electron chi connectivity index (χ2n) is 7.22. The highest BCUT2D eigenvalue weighted by molar-refractivity contribution is 5.81. The fraction of sp³-hybridized carbons (Fsp3) is 0.706. The van der Waals surface area contributed by atoms with Crippen LogP contribution in [-0.4, -0.2) is 67.2 Å². The molecule has 0 radical (unpaired) electrons. The zero-order valence-corrected chi connectivity index (χ0v) is 13.7. The van der Waals surface area contributed by atoms with Crippen molar-refractivity contribution in [2.45, 2.75) is 31.0 Å². The van der Waals surface area contributed by atoms with Crippen LogP contribution in [0.1, 0.15) is 18.6 Å². The fourth-order valence-corrected chi connectivity index (χ4v) is 3.81. The van der Waals surface area contributed by atoms with Crippen LogP contribution in [0.15, 0.2) is 22.8 Å². The number of hydrogen-bond donors (Lipinski definition) is 1. The number of nitrogens with one attached hydrogen (secondary N) is 1. The molecule has 3 aliphatic rings. The largest absolute Gasteiger partial charge is 0.468 e. The fourth-order valence-electron chi connectivity index (χ4n) is 3.81. The predicted molar refractivity (Wildman–Crippen MR) is 84.8 cm³/mol. The zero-order chi connectivity index (χ0) is 15.9. The maximum absolute atomic E-state index is 12.1. The first-order valence-corrected chi connectivity index (χ1v) is 8.52. The van der Waals surface area contributed by atoms with Crippen molar-refractivity contribution < 1.29 is 13.9 Å². The quantitative estimate of drug-likeness (QED) is 0.865. The number of furan rings is 1. The summed E-state index contributed by atoms with van der Waals surface area (Å²) in [6.07, 6.45) is 4.32. The standard InChI is InChI=1S/C17H25N3O3/c1-18-16(21)15-9-23-17(12-20(15)7-13-4-5-13)10-19(11-17)8-14-3-2-6-22-14/h2-3,6,13,15H,4-5,7-12H2,1H3,(H,18,21)/t15-/m0/s1. The lowest BCUT2D eigenvalue weighted by Crippen LogP contribution is -2.72. The Balaban J connectivity index is 1.36. The van der Waals surface area contributed by atoms with Crippen molar-refractivity contribution in [3.63, 3.8) is 0 Å².